The number of carbonyl (C=O) groups is 1. The number of cyclic esters (lactones) is 1. The van der Waals surface area contributed by atoms with E-state index in [1.807, 2.05) is 30.3 Å². The molecule has 88 valence electrons. The summed E-state index contributed by atoms with van der Waals surface area (Å²) in [5, 5.41) is 0. The SMILES string of the molecule is C=C(C)C1=NC(C)(Cc2ccccc2)C(=O)O1. The van der Waals surface area contributed by atoms with E-state index in [1.54, 1.807) is 13.8 Å². The summed E-state index contributed by atoms with van der Waals surface area (Å²) in [7, 11) is 0. The lowest BCUT2D eigenvalue weighted by Gasteiger charge is -2.15. The van der Waals surface area contributed by atoms with Crippen molar-refractivity contribution in [3.63, 3.8) is 0 Å². The molecule has 0 N–H and O–H groups in total. The number of benzene rings is 1. The Kier molecular flexibility index (Phi) is 2.84. The van der Waals surface area contributed by atoms with E-state index in [0.717, 1.165) is 5.56 Å². The Morgan fingerprint density at radius 1 is 1.41 bits per heavy atom. The van der Waals surface area contributed by atoms with Crippen LogP contribution in [0.3, 0.4) is 0 Å². The lowest BCUT2D eigenvalue weighted by Crippen LogP contribution is -2.32. The van der Waals surface area contributed by atoms with E-state index >= 15 is 0 Å². The van der Waals surface area contributed by atoms with Crippen molar-refractivity contribution in [2.75, 3.05) is 0 Å². The first-order valence-electron chi connectivity index (χ1n) is 5.53. The van der Waals surface area contributed by atoms with Gasteiger partial charge in [0.15, 0.2) is 5.54 Å². The summed E-state index contributed by atoms with van der Waals surface area (Å²) in [6, 6.07) is 9.80. The van der Waals surface area contributed by atoms with Crippen LogP contribution in [-0.2, 0) is 16.0 Å². The van der Waals surface area contributed by atoms with Gasteiger partial charge in [-0.25, -0.2) is 9.79 Å². The molecule has 1 atom stereocenters. The average molecular weight is 229 g/mol. The van der Waals surface area contributed by atoms with E-state index in [9.17, 15) is 4.79 Å². The highest BCUT2D eigenvalue weighted by molar-refractivity contribution is 6.07. The molecule has 0 bridgehead atoms. The van der Waals surface area contributed by atoms with Crippen LogP contribution in [0, 0.1) is 0 Å². The highest BCUT2D eigenvalue weighted by atomic mass is 16.6. The molecule has 1 aliphatic rings. The summed E-state index contributed by atoms with van der Waals surface area (Å²) in [5.41, 5.74) is 0.920. The van der Waals surface area contributed by atoms with E-state index < -0.39 is 5.54 Å². The molecule has 0 fully saturated rings. The zero-order chi connectivity index (χ0) is 12.5. The molecule has 0 aliphatic carbocycles. The second-order valence-electron chi connectivity index (χ2n) is 4.52. The fourth-order valence-corrected chi connectivity index (χ4v) is 1.78. The van der Waals surface area contributed by atoms with Gasteiger partial charge in [0.25, 0.3) is 0 Å². The first-order valence-corrected chi connectivity index (χ1v) is 5.53. The second-order valence-corrected chi connectivity index (χ2v) is 4.52. The topological polar surface area (TPSA) is 38.7 Å². The van der Waals surface area contributed by atoms with Gasteiger partial charge in [0, 0.05) is 12.0 Å². The van der Waals surface area contributed by atoms with Crippen LogP contribution in [0.4, 0.5) is 0 Å². The molecular weight excluding hydrogens is 214 g/mol. The normalized spacial score (nSPS) is 23.2. The van der Waals surface area contributed by atoms with Crippen LogP contribution in [0.15, 0.2) is 47.5 Å². The smallest absolute Gasteiger partial charge is 0.340 e. The molecule has 1 aromatic rings. The van der Waals surface area contributed by atoms with Crippen molar-refractivity contribution in [1.82, 2.24) is 0 Å². The van der Waals surface area contributed by atoms with Crippen LogP contribution in [0.5, 0.6) is 0 Å². The Balaban J connectivity index is 2.25. The van der Waals surface area contributed by atoms with Crippen LogP contribution >= 0.6 is 0 Å². The number of ether oxygens (including phenoxy) is 1. The van der Waals surface area contributed by atoms with Gasteiger partial charge in [0.05, 0.1) is 0 Å². The largest absolute Gasteiger partial charge is 0.406 e. The molecule has 1 unspecified atom stereocenters. The van der Waals surface area contributed by atoms with E-state index in [2.05, 4.69) is 11.6 Å². The molecule has 17 heavy (non-hydrogen) atoms. The Hall–Kier alpha value is -1.90. The van der Waals surface area contributed by atoms with Crippen LogP contribution < -0.4 is 0 Å². The van der Waals surface area contributed by atoms with Gasteiger partial charge in [-0.05, 0) is 19.4 Å². The van der Waals surface area contributed by atoms with Gasteiger partial charge < -0.3 is 4.74 Å². The minimum absolute atomic E-state index is 0.306. The maximum Gasteiger partial charge on any atom is 0.340 e. The van der Waals surface area contributed by atoms with Crippen molar-refractivity contribution in [1.29, 1.82) is 0 Å². The Morgan fingerprint density at radius 2 is 2.06 bits per heavy atom. The highest BCUT2D eigenvalue weighted by Gasteiger charge is 2.41. The lowest BCUT2D eigenvalue weighted by atomic mass is 9.94. The first-order chi connectivity index (χ1) is 8.01. The van der Waals surface area contributed by atoms with Gasteiger partial charge in [-0.2, -0.15) is 0 Å². The van der Waals surface area contributed by atoms with Crippen LogP contribution in [0.2, 0.25) is 0 Å². The fraction of sp³-hybridized carbons (Fsp3) is 0.286. The molecule has 1 heterocycles. The quantitative estimate of drug-likeness (QED) is 0.747. The van der Waals surface area contributed by atoms with Crippen molar-refractivity contribution < 1.29 is 9.53 Å². The maximum atomic E-state index is 11.8. The third-order valence-electron chi connectivity index (χ3n) is 2.73. The first kappa shape index (κ1) is 11.6. The molecule has 3 nitrogen and oxygen atoms in total. The van der Waals surface area contributed by atoms with E-state index in [0.29, 0.717) is 17.9 Å². The number of carbonyl (C=O) groups excluding carboxylic acids is 1. The zero-order valence-electron chi connectivity index (χ0n) is 10.1. The van der Waals surface area contributed by atoms with E-state index in [1.165, 1.54) is 0 Å². The van der Waals surface area contributed by atoms with Gasteiger partial charge in [-0.15, -0.1) is 0 Å². The molecule has 0 amide bonds. The van der Waals surface area contributed by atoms with Gasteiger partial charge in [-0.1, -0.05) is 36.9 Å². The number of rotatable bonds is 3. The Morgan fingerprint density at radius 3 is 2.59 bits per heavy atom. The van der Waals surface area contributed by atoms with Crippen molar-refractivity contribution in [3.05, 3.63) is 48.0 Å². The molecule has 0 radical (unpaired) electrons. The molecule has 0 spiro atoms. The molecule has 0 saturated heterocycles. The van der Waals surface area contributed by atoms with E-state index in [-0.39, 0.29) is 5.97 Å². The van der Waals surface area contributed by atoms with Gasteiger partial charge >= 0.3 is 5.97 Å². The van der Waals surface area contributed by atoms with Crippen LogP contribution in [0.1, 0.15) is 19.4 Å². The van der Waals surface area contributed by atoms with Gasteiger partial charge in [-0.3, -0.25) is 0 Å². The van der Waals surface area contributed by atoms with Crippen LogP contribution in [-0.4, -0.2) is 17.4 Å². The predicted molar refractivity (Wildman–Crippen MR) is 66.9 cm³/mol. The van der Waals surface area contributed by atoms with Crippen molar-refractivity contribution in [3.8, 4) is 0 Å². The van der Waals surface area contributed by atoms with E-state index in [4.69, 9.17) is 4.74 Å². The lowest BCUT2D eigenvalue weighted by molar-refractivity contribution is -0.138. The number of nitrogens with zero attached hydrogens (tertiary/aromatic N) is 1. The summed E-state index contributed by atoms with van der Waals surface area (Å²) in [6.07, 6.45) is 0.545. The Labute approximate surface area is 101 Å². The van der Waals surface area contributed by atoms with Crippen molar-refractivity contribution in [2.24, 2.45) is 4.99 Å². The molecule has 0 aromatic heterocycles. The monoisotopic (exact) mass is 229 g/mol. The number of aliphatic imine (C=N–C) groups is 1. The van der Waals surface area contributed by atoms with Crippen molar-refractivity contribution >= 4 is 11.9 Å². The maximum absolute atomic E-state index is 11.8. The highest BCUT2D eigenvalue weighted by Crippen LogP contribution is 2.26. The van der Waals surface area contributed by atoms with Crippen molar-refractivity contribution in [2.45, 2.75) is 25.8 Å². The summed E-state index contributed by atoms with van der Waals surface area (Å²) < 4.78 is 5.12. The molecule has 2 rings (SSSR count). The number of hydrogen-bond donors (Lipinski definition) is 0. The van der Waals surface area contributed by atoms with Gasteiger partial charge in [0.2, 0.25) is 5.90 Å². The molecule has 0 saturated carbocycles. The third-order valence-corrected chi connectivity index (χ3v) is 2.73. The summed E-state index contributed by atoms with van der Waals surface area (Å²) in [6.45, 7) is 7.30. The minimum atomic E-state index is -0.824. The average Bonchev–Trinajstić information content (AvgIpc) is 2.57. The Bertz CT molecular complexity index is 490. The number of esters is 1. The predicted octanol–water partition coefficient (Wildman–Crippen LogP) is 2.52. The van der Waals surface area contributed by atoms with Gasteiger partial charge in [0.1, 0.15) is 0 Å². The van der Waals surface area contributed by atoms with Crippen LogP contribution in [0.25, 0.3) is 0 Å². The standard InChI is InChI=1S/C14H15NO2/c1-10(2)12-15-14(3,13(16)17-12)9-11-7-5-4-6-8-11/h4-8H,1,9H2,2-3H3. The molecular formula is C14H15NO2. The third kappa shape index (κ3) is 2.28. The summed E-state index contributed by atoms with van der Waals surface area (Å²) >= 11 is 0. The molecule has 1 aromatic carbocycles. The molecule has 3 heteroatoms. The summed E-state index contributed by atoms with van der Waals surface area (Å²) in [4.78, 5) is 16.2. The second kappa shape index (κ2) is 4.17. The minimum Gasteiger partial charge on any atom is -0.406 e. The fourth-order valence-electron chi connectivity index (χ4n) is 1.78. The zero-order valence-corrected chi connectivity index (χ0v) is 10.1. The molecule has 1 aliphatic heterocycles. The number of hydrogen-bond acceptors (Lipinski definition) is 3. The summed E-state index contributed by atoms with van der Waals surface area (Å²) in [5.74, 6) is 0.0489.